The average Bonchev–Trinajstić information content (AvgIpc) is 2.45. The van der Waals surface area contributed by atoms with E-state index in [4.69, 9.17) is 9.47 Å². The summed E-state index contributed by atoms with van der Waals surface area (Å²) in [6.07, 6.45) is 0.645. The van der Waals surface area contributed by atoms with Crippen molar-refractivity contribution in [1.29, 1.82) is 0 Å². The Morgan fingerprint density at radius 3 is 2.43 bits per heavy atom. The van der Waals surface area contributed by atoms with E-state index < -0.39 is 10.0 Å². The highest BCUT2D eigenvalue weighted by Crippen LogP contribution is 2.24. The van der Waals surface area contributed by atoms with Gasteiger partial charge >= 0.3 is 0 Å². The molecule has 0 fully saturated rings. The van der Waals surface area contributed by atoms with Gasteiger partial charge in [-0.25, -0.2) is 8.42 Å². The number of halogens is 1. The SMILES string of the molecule is COCCCN(CCOC)S(=O)(=O)c1cc(Br)ccc1C. The van der Waals surface area contributed by atoms with Crippen LogP contribution in [-0.4, -0.2) is 53.2 Å². The molecule has 0 N–H and O–H groups in total. The number of hydrogen-bond acceptors (Lipinski definition) is 4. The standard InChI is InChI=1S/C14H22BrNO4S/c1-12-5-6-13(15)11-14(12)21(17,18)16(8-10-20-3)7-4-9-19-2/h5-6,11H,4,7-10H2,1-3H3. The van der Waals surface area contributed by atoms with E-state index in [0.29, 0.717) is 37.6 Å². The zero-order chi connectivity index (χ0) is 15.9. The van der Waals surface area contributed by atoms with Crippen molar-refractivity contribution >= 4 is 26.0 Å². The molecule has 0 heterocycles. The van der Waals surface area contributed by atoms with Gasteiger partial charge in [-0.2, -0.15) is 4.31 Å². The summed E-state index contributed by atoms with van der Waals surface area (Å²) in [5, 5.41) is 0. The fourth-order valence-corrected chi connectivity index (χ4v) is 4.15. The summed E-state index contributed by atoms with van der Waals surface area (Å²) in [6.45, 7) is 3.42. The monoisotopic (exact) mass is 379 g/mol. The van der Waals surface area contributed by atoms with Gasteiger partial charge in [0.15, 0.2) is 0 Å². The second-order valence-corrected chi connectivity index (χ2v) is 7.48. The summed E-state index contributed by atoms with van der Waals surface area (Å²) in [5.41, 5.74) is 0.729. The van der Waals surface area contributed by atoms with Crippen molar-refractivity contribution in [3.63, 3.8) is 0 Å². The van der Waals surface area contributed by atoms with Gasteiger partial charge in [-0.05, 0) is 31.0 Å². The van der Waals surface area contributed by atoms with Crippen molar-refractivity contribution in [3.05, 3.63) is 28.2 Å². The number of hydrogen-bond donors (Lipinski definition) is 0. The Labute approximate surface area is 135 Å². The summed E-state index contributed by atoms with van der Waals surface area (Å²) in [5.74, 6) is 0. The predicted octanol–water partition coefficient (Wildman–Crippen LogP) is 2.43. The van der Waals surface area contributed by atoms with Crippen molar-refractivity contribution in [2.24, 2.45) is 0 Å². The minimum Gasteiger partial charge on any atom is -0.385 e. The zero-order valence-corrected chi connectivity index (χ0v) is 15.0. The highest BCUT2D eigenvalue weighted by molar-refractivity contribution is 9.10. The van der Waals surface area contributed by atoms with Gasteiger partial charge in [-0.3, -0.25) is 0 Å². The molecule has 0 unspecified atom stereocenters. The smallest absolute Gasteiger partial charge is 0.243 e. The minimum atomic E-state index is -3.54. The van der Waals surface area contributed by atoms with E-state index in [1.807, 2.05) is 6.07 Å². The van der Waals surface area contributed by atoms with E-state index in [-0.39, 0.29) is 0 Å². The number of benzene rings is 1. The number of rotatable bonds is 9. The van der Waals surface area contributed by atoms with Crippen LogP contribution in [0.2, 0.25) is 0 Å². The number of methoxy groups -OCH3 is 2. The van der Waals surface area contributed by atoms with E-state index >= 15 is 0 Å². The maximum Gasteiger partial charge on any atom is 0.243 e. The molecule has 1 aromatic carbocycles. The molecule has 7 heteroatoms. The molecule has 0 aliphatic rings. The van der Waals surface area contributed by atoms with Crippen LogP contribution >= 0.6 is 15.9 Å². The van der Waals surface area contributed by atoms with Crippen molar-refractivity contribution in [2.45, 2.75) is 18.2 Å². The summed E-state index contributed by atoms with van der Waals surface area (Å²) < 4.78 is 37.8. The van der Waals surface area contributed by atoms with Gasteiger partial charge in [0.25, 0.3) is 0 Å². The van der Waals surface area contributed by atoms with Crippen LogP contribution in [0.3, 0.4) is 0 Å². The van der Waals surface area contributed by atoms with Crippen LogP contribution in [0, 0.1) is 6.92 Å². The average molecular weight is 380 g/mol. The first-order valence-corrected chi connectivity index (χ1v) is 8.91. The van der Waals surface area contributed by atoms with E-state index in [1.165, 1.54) is 4.31 Å². The van der Waals surface area contributed by atoms with Gasteiger partial charge in [-0.1, -0.05) is 22.0 Å². The summed E-state index contributed by atoms with van der Waals surface area (Å²) >= 11 is 3.33. The number of nitrogens with zero attached hydrogens (tertiary/aromatic N) is 1. The lowest BCUT2D eigenvalue weighted by atomic mass is 10.2. The fourth-order valence-electron chi connectivity index (χ4n) is 1.92. The first-order valence-electron chi connectivity index (χ1n) is 6.67. The van der Waals surface area contributed by atoms with Crippen molar-refractivity contribution in [1.82, 2.24) is 4.31 Å². The second-order valence-electron chi connectivity index (χ2n) is 4.65. The topological polar surface area (TPSA) is 55.8 Å². The third kappa shape index (κ3) is 5.34. The molecule has 120 valence electrons. The minimum absolute atomic E-state index is 0.324. The molecule has 0 aliphatic carbocycles. The molecule has 0 atom stereocenters. The first kappa shape index (κ1) is 18.6. The highest BCUT2D eigenvalue weighted by Gasteiger charge is 2.25. The third-order valence-corrected chi connectivity index (χ3v) is 5.60. The summed E-state index contributed by atoms with van der Waals surface area (Å²) in [4.78, 5) is 0.324. The fraction of sp³-hybridized carbons (Fsp3) is 0.571. The molecule has 1 aromatic rings. The molecule has 1 rings (SSSR count). The second kappa shape index (κ2) is 8.85. The van der Waals surface area contributed by atoms with Gasteiger partial charge < -0.3 is 9.47 Å². The number of aryl methyl sites for hydroxylation is 1. The highest BCUT2D eigenvalue weighted by atomic mass is 79.9. The van der Waals surface area contributed by atoms with Gasteiger partial charge in [0.2, 0.25) is 10.0 Å². The Kier molecular flexibility index (Phi) is 7.83. The molecule has 0 amide bonds. The molecular weight excluding hydrogens is 358 g/mol. The Morgan fingerprint density at radius 1 is 1.14 bits per heavy atom. The van der Waals surface area contributed by atoms with Gasteiger partial charge in [0.1, 0.15) is 0 Å². The summed E-state index contributed by atoms with van der Waals surface area (Å²) in [7, 11) is -0.376. The van der Waals surface area contributed by atoms with Gasteiger partial charge in [-0.15, -0.1) is 0 Å². The van der Waals surface area contributed by atoms with Crippen LogP contribution in [0.4, 0.5) is 0 Å². The van der Waals surface area contributed by atoms with Crippen LogP contribution in [-0.2, 0) is 19.5 Å². The van der Waals surface area contributed by atoms with Crippen LogP contribution < -0.4 is 0 Å². The molecule has 21 heavy (non-hydrogen) atoms. The van der Waals surface area contributed by atoms with Crippen molar-refractivity contribution in [2.75, 3.05) is 40.5 Å². The first-order chi connectivity index (χ1) is 9.93. The number of sulfonamides is 1. The third-order valence-electron chi connectivity index (χ3n) is 3.07. The summed E-state index contributed by atoms with van der Waals surface area (Å²) in [6, 6.07) is 5.26. The normalized spacial score (nSPS) is 12.0. The molecular formula is C14H22BrNO4S. The van der Waals surface area contributed by atoms with Crippen LogP contribution in [0.1, 0.15) is 12.0 Å². The van der Waals surface area contributed by atoms with Crippen molar-refractivity contribution in [3.8, 4) is 0 Å². The van der Waals surface area contributed by atoms with Crippen LogP contribution in [0.25, 0.3) is 0 Å². The van der Waals surface area contributed by atoms with Gasteiger partial charge in [0.05, 0.1) is 11.5 Å². The Hall–Kier alpha value is -0.470. The molecule has 0 bridgehead atoms. The quantitative estimate of drug-likeness (QED) is 0.618. The van der Waals surface area contributed by atoms with E-state index in [9.17, 15) is 8.42 Å². The lowest BCUT2D eigenvalue weighted by molar-refractivity contribution is 0.164. The maximum atomic E-state index is 12.8. The van der Waals surface area contributed by atoms with E-state index in [1.54, 1.807) is 33.3 Å². The largest absolute Gasteiger partial charge is 0.385 e. The molecule has 0 radical (unpaired) electrons. The molecule has 0 saturated heterocycles. The van der Waals surface area contributed by atoms with Gasteiger partial charge in [0, 0.05) is 38.4 Å². The van der Waals surface area contributed by atoms with Crippen LogP contribution in [0.5, 0.6) is 0 Å². The number of ether oxygens (including phenoxy) is 2. The Balaban J connectivity index is 3.04. The Bertz CT molecular complexity index is 548. The van der Waals surface area contributed by atoms with Crippen molar-refractivity contribution < 1.29 is 17.9 Å². The molecule has 5 nitrogen and oxygen atoms in total. The van der Waals surface area contributed by atoms with E-state index in [0.717, 1.165) is 10.0 Å². The molecule has 0 aromatic heterocycles. The molecule has 0 spiro atoms. The molecule has 0 saturated carbocycles. The van der Waals surface area contributed by atoms with E-state index in [2.05, 4.69) is 15.9 Å². The lowest BCUT2D eigenvalue weighted by Gasteiger charge is -2.23. The zero-order valence-electron chi connectivity index (χ0n) is 12.6. The lowest BCUT2D eigenvalue weighted by Crippen LogP contribution is -2.35. The molecule has 0 aliphatic heterocycles. The Morgan fingerprint density at radius 2 is 1.81 bits per heavy atom. The van der Waals surface area contributed by atoms with Crippen LogP contribution in [0.15, 0.2) is 27.6 Å². The maximum absolute atomic E-state index is 12.8. The predicted molar refractivity (Wildman–Crippen MR) is 86.0 cm³/mol.